The highest BCUT2D eigenvalue weighted by Gasteiger charge is 2.30. The van der Waals surface area contributed by atoms with Crippen molar-refractivity contribution in [3.05, 3.63) is 23.9 Å². The number of esters is 1. The Balaban J connectivity index is 0.00000420. The SMILES string of the molecule is CN=C(NCCCNc1ccc(C(F)(F)F)cn1)N1CCC(C(=O)OC)CC1.I. The number of likely N-dealkylation sites (tertiary alicyclic amines) is 1. The molecule has 0 aliphatic carbocycles. The predicted molar refractivity (Wildman–Crippen MR) is 115 cm³/mol. The Morgan fingerprint density at radius 3 is 2.52 bits per heavy atom. The quantitative estimate of drug-likeness (QED) is 0.194. The molecule has 0 radical (unpaired) electrons. The van der Waals surface area contributed by atoms with Gasteiger partial charge in [0.05, 0.1) is 18.6 Å². The number of ether oxygens (including phenoxy) is 1. The Morgan fingerprint density at radius 2 is 2.00 bits per heavy atom. The van der Waals surface area contributed by atoms with Crippen molar-refractivity contribution in [2.45, 2.75) is 25.4 Å². The number of pyridine rings is 1. The predicted octanol–water partition coefficient (Wildman–Crippen LogP) is 2.98. The minimum atomic E-state index is -4.38. The number of carbonyl (C=O) groups excluding carboxylic acids is 1. The van der Waals surface area contributed by atoms with Crippen LogP contribution >= 0.6 is 24.0 Å². The maximum atomic E-state index is 12.5. The summed E-state index contributed by atoms with van der Waals surface area (Å²) in [5, 5.41) is 6.26. The van der Waals surface area contributed by atoms with Crippen molar-refractivity contribution < 1.29 is 22.7 Å². The van der Waals surface area contributed by atoms with Gasteiger partial charge < -0.3 is 20.3 Å². The molecule has 11 heteroatoms. The Labute approximate surface area is 185 Å². The highest BCUT2D eigenvalue weighted by molar-refractivity contribution is 14.0. The monoisotopic (exact) mass is 529 g/mol. The van der Waals surface area contributed by atoms with Crippen molar-refractivity contribution in [2.24, 2.45) is 10.9 Å². The van der Waals surface area contributed by atoms with E-state index in [1.165, 1.54) is 13.2 Å². The molecule has 1 aliphatic rings. The Bertz CT molecular complexity index is 662. The molecule has 29 heavy (non-hydrogen) atoms. The first-order valence-corrected chi connectivity index (χ1v) is 9.15. The summed E-state index contributed by atoms with van der Waals surface area (Å²) in [6, 6.07) is 2.33. The fraction of sp³-hybridized carbons (Fsp3) is 0.611. The van der Waals surface area contributed by atoms with Crippen molar-refractivity contribution in [1.82, 2.24) is 15.2 Å². The van der Waals surface area contributed by atoms with Crippen LogP contribution in [0, 0.1) is 5.92 Å². The largest absolute Gasteiger partial charge is 0.469 e. The summed E-state index contributed by atoms with van der Waals surface area (Å²) in [5.74, 6) is 0.962. The molecule has 1 saturated heterocycles. The first kappa shape index (κ1) is 25.2. The average Bonchev–Trinajstić information content (AvgIpc) is 2.70. The maximum absolute atomic E-state index is 12.5. The number of hydrogen-bond donors (Lipinski definition) is 2. The molecule has 2 heterocycles. The van der Waals surface area contributed by atoms with E-state index < -0.39 is 11.7 Å². The standard InChI is InChI=1S/C18H26F3N5O2.HI/c1-22-17(26-10-6-13(7-11-26)16(27)28-2)24-9-3-8-23-15-5-4-14(12-25-15)18(19,20)21;/h4-5,12-13H,3,6-11H2,1-2H3,(H,22,24)(H,23,25);1H. The maximum Gasteiger partial charge on any atom is 0.417 e. The van der Waals surface area contributed by atoms with Crippen LogP contribution in [0.5, 0.6) is 0 Å². The third kappa shape index (κ3) is 7.86. The second kappa shape index (κ2) is 12.0. The lowest BCUT2D eigenvalue weighted by Gasteiger charge is -2.33. The van der Waals surface area contributed by atoms with Gasteiger partial charge in [0.2, 0.25) is 0 Å². The van der Waals surface area contributed by atoms with Gasteiger partial charge in [-0.15, -0.1) is 24.0 Å². The molecule has 1 aliphatic heterocycles. The molecule has 0 aromatic carbocycles. The minimum Gasteiger partial charge on any atom is -0.469 e. The number of aromatic nitrogens is 1. The zero-order chi connectivity index (χ0) is 20.6. The summed E-state index contributed by atoms with van der Waals surface area (Å²) in [5.41, 5.74) is -0.764. The lowest BCUT2D eigenvalue weighted by molar-refractivity contribution is -0.146. The normalized spacial score (nSPS) is 15.5. The van der Waals surface area contributed by atoms with Gasteiger partial charge in [-0.1, -0.05) is 0 Å². The first-order chi connectivity index (χ1) is 13.3. The van der Waals surface area contributed by atoms with Gasteiger partial charge in [0.15, 0.2) is 5.96 Å². The number of nitrogens with zero attached hydrogens (tertiary/aromatic N) is 3. The van der Waals surface area contributed by atoms with Crippen molar-refractivity contribution in [3.63, 3.8) is 0 Å². The van der Waals surface area contributed by atoms with Crippen LogP contribution < -0.4 is 10.6 Å². The number of alkyl halides is 3. The molecule has 1 fully saturated rings. The molecule has 0 spiro atoms. The van der Waals surface area contributed by atoms with Crippen LogP contribution in [-0.2, 0) is 15.7 Å². The molecule has 7 nitrogen and oxygen atoms in total. The number of carbonyl (C=O) groups is 1. The smallest absolute Gasteiger partial charge is 0.417 e. The van der Waals surface area contributed by atoms with E-state index in [2.05, 4.69) is 25.5 Å². The minimum absolute atomic E-state index is 0. The average molecular weight is 529 g/mol. The van der Waals surface area contributed by atoms with Crippen LogP contribution in [0.2, 0.25) is 0 Å². The molecule has 0 bridgehead atoms. The lowest BCUT2D eigenvalue weighted by atomic mass is 9.97. The summed E-state index contributed by atoms with van der Waals surface area (Å²) in [7, 11) is 3.11. The number of guanidine groups is 1. The van der Waals surface area contributed by atoms with Gasteiger partial charge in [0.1, 0.15) is 5.82 Å². The molecule has 0 saturated carbocycles. The van der Waals surface area contributed by atoms with Crippen molar-refractivity contribution in [2.75, 3.05) is 45.7 Å². The van der Waals surface area contributed by atoms with Crippen molar-refractivity contribution >= 4 is 41.7 Å². The summed E-state index contributed by atoms with van der Waals surface area (Å²) in [6.45, 7) is 2.67. The zero-order valence-electron chi connectivity index (χ0n) is 16.5. The number of hydrogen-bond acceptors (Lipinski definition) is 5. The summed E-state index contributed by atoms with van der Waals surface area (Å²) in [4.78, 5) is 21.7. The Morgan fingerprint density at radius 1 is 1.31 bits per heavy atom. The zero-order valence-corrected chi connectivity index (χ0v) is 18.8. The van der Waals surface area contributed by atoms with Gasteiger partial charge in [-0.05, 0) is 31.4 Å². The number of nitrogens with one attached hydrogen (secondary N) is 2. The molecule has 164 valence electrons. The molecule has 0 atom stereocenters. The molecular weight excluding hydrogens is 502 g/mol. The van der Waals surface area contributed by atoms with Crippen LogP contribution in [0.15, 0.2) is 23.3 Å². The van der Waals surface area contributed by atoms with E-state index in [0.717, 1.165) is 50.6 Å². The van der Waals surface area contributed by atoms with E-state index in [4.69, 9.17) is 4.74 Å². The molecule has 0 unspecified atom stereocenters. The number of anilines is 1. The van der Waals surface area contributed by atoms with Gasteiger partial charge >= 0.3 is 12.1 Å². The van der Waals surface area contributed by atoms with E-state index in [1.54, 1.807) is 7.05 Å². The Kier molecular flexibility index (Phi) is 10.5. The van der Waals surface area contributed by atoms with Crippen molar-refractivity contribution in [3.8, 4) is 0 Å². The van der Waals surface area contributed by atoms with Gasteiger partial charge in [0.25, 0.3) is 0 Å². The molecule has 0 amide bonds. The van der Waals surface area contributed by atoms with Crippen LogP contribution in [-0.4, -0.2) is 62.1 Å². The number of halogens is 4. The third-order valence-electron chi connectivity index (χ3n) is 4.57. The fourth-order valence-corrected chi connectivity index (χ4v) is 3.00. The van der Waals surface area contributed by atoms with Crippen LogP contribution in [0.4, 0.5) is 19.0 Å². The van der Waals surface area contributed by atoms with Gasteiger partial charge in [-0.3, -0.25) is 9.79 Å². The molecule has 1 aromatic heterocycles. The van der Waals surface area contributed by atoms with Crippen molar-refractivity contribution in [1.29, 1.82) is 0 Å². The van der Waals surface area contributed by atoms with Gasteiger partial charge in [-0.25, -0.2) is 4.98 Å². The van der Waals surface area contributed by atoms with Gasteiger partial charge in [-0.2, -0.15) is 13.2 Å². The second-order valence-electron chi connectivity index (χ2n) is 6.47. The van der Waals surface area contributed by atoms with E-state index in [0.29, 0.717) is 18.9 Å². The highest BCUT2D eigenvalue weighted by Crippen LogP contribution is 2.28. The van der Waals surface area contributed by atoms with Crippen LogP contribution in [0.3, 0.4) is 0 Å². The molecule has 2 rings (SSSR count). The molecule has 2 N–H and O–H groups in total. The van der Waals surface area contributed by atoms with E-state index in [1.807, 2.05) is 0 Å². The fourth-order valence-electron chi connectivity index (χ4n) is 3.00. The highest BCUT2D eigenvalue weighted by atomic mass is 127. The first-order valence-electron chi connectivity index (χ1n) is 9.15. The lowest BCUT2D eigenvalue weighted by Crippen LogP contribution is -2.47. The second-order valence-corrected chi connectivity index (χ2v) is 6.47. The number of methoxy groups -OCH3 is 1. The number of aliphatic imine (C=N–C) groups is 1. The molecule has 1 aromatic rings. The van der Waals surface area contributed by atoms with Crippen LogP contribution in [0.1, 0.15) is 24.8 Å². The summed E-state index contributed by atoms with van der Waals surface area (Å²) in [6.07, 6.45) is -1.36. The summed E-state index contributed by atoms with van der Waals surface area (Å²) >= 11 is 0. The topological polar surface area (TPSA) is 78.9 Å². The van der Waals surface area contributed by atoms with E-state index in [-0.39, 0.29) is 35.9 Å². The van der Waals surface area contributed by atoms with E-state index in [9.17, 15) is 18.0 Å². The summed E-state index contributed by atoms with van der Waals surface area (Å²) < 4.78 is 42.3. The van der Waals surface area contributed by atoms with Crippen LogP contribution in [0.25, 0.3) is 0 Å². The Hall–Kier alpha value is -1.79. The van der Waals surface area contributed by atoms with E-state index >= 15 is 0 Å². The number of piperidine rings is 1. The third-order valence-corrected chi connectivity index (χ3v) is 4.57. The number of rotatable bonds is 6. The molecular formula is C18H27F3IN5O2. The van der Waals surface area contributed by atoms with Gasteiger partial charge in [0, 0.05) is 39.4 Å².